The third-order valence-corrected chi connectivity index (χ3v) is 3.22. The Labute approximate surface area is 114 Å². The summed E-state index contributed by atoms with van der Waals surface area (Å²) in [6, 6.07) is 11.5. The van der Waals surface area contributed by atoms with E-state index >= 15 is 0 Å². The molecule has 1 aromatic carbocycles. The van der Waals surface area contributed by atoms with E-state index in [2.05, 4.69) is 21.2 Å². The fourth-order valence-electron chi connectivity index (χ4n) is 1.66. The first-order valence-electron chi connectivity index (χ1n) is 5.75. The van der Waals surface area contributed by atoms with Crippen LogP contribution in [-0.2, 0) is 16.5 Å². The number of carbonyl (C=O) groups is 1. The van der Waals surface area contributed by atoms with Crippen molar-refractivity contribution >= 4 is 27.5 Å². The summed E-state index contributed by atoms with van der Waals surface area (Å²) in [5.74, 6) is 0.832. The van der Waals surface area contributed by atoms with Crippen LogP contribution in [0.15, 0.2) is 47.1 Å². The first-order chi connectivity index (χ1) is 8.79. The Morgan fingerprint density at radius 3 is 2.78 bits per heavy atom. The summed E-state index contributed by atoms with van der Waals surface area (Å²) in [4.78, 5) is 11.8. The van der Waals surface area contributed by atoms with Gasteiger partial charge in [-0.25, -0.2) is 0 Å². The first-order valence-corrected chi connectivity index (χ1v) is 6.88. The molecule has 1 aromatic heterocycles. The van der Waals surface area contributed by atoms with Crippen molar-refractivity contribution in [2.24, 2.45) is 0 Å². The molecule has 1 heterocycles. The standard InChI is InChI=1S/C14H14BrNO2/c15-10-11-4-1-2-6-13(11)16-14(17)8-7-12-5-3-9-18-12/h1-6,9H,7-8,10H2,(H,16,17). The van der Waals surface area contributed by atoms with E-state index in [4.69, 9.17) is 4.42 Å². The Morgan fingerprint density at radius 1 is 1.22 bits per heavy atom. The minimum Gasteiger partial charge on any atom is -0.469 e. The van der Waals surface area contributed by atoms with Crippen LogP contribution in [0.2, 0.25) is 0 Å². The first kappa shape index (κ1) is 12.9. The smallest absolute Gasteiger partial charge is 0.224 e. The molecule has 2 aromatic rings. The number of aryl methyl sites for hydroxylation is 1. The predicted octanol–water partition coefficient (Wildman–Crippen LogP) is 3.75. The van der Waals surface area contributed by atoms with E-state index in [1.165, 1.54) is 0 Å². The Balaban J connectivity index is 1.90. The fraction of sp³-hybridized carbons (Fsp3) is 0.214. The maximum atomic E-state index is 11.8. The van der Waals surface area contributed by atoms with Crippen molar-refractivity contribution < 1.29 is 9.21 Å². The van der Waals surface area contributed by atoms with E-state index in [0.29, 0.717) is 12.8 Å². The summed E-state index contributed by atoms with van der Waals surface area (Å²) in [6.45, 7) is 0. The van der Waals surface area contributed by atoms with E-state index in [-0.39, 0.29) is 5.91 Å². The second-order valence-electron chi connectivity index (χ2n) is 3.92. The average Bonchev–Trinajstić information content (AvgIpc) is 2.90. The molecule has 0 aliphatic rings. The van der Waals surface area contributed by atoms with E-state index in [1.807, 2.05) is 36.4 Å². The summed E-state index contributed by atoms with van der Waals surface area (Å²) >= 11 is 3.40. The summed E-state index contributed by atoms with van der Waals surface area (Å²) in [5, 5.41) is 3.64. The highest BCUT2D eigenvalue weighted by molar-refractivity contribution is 9.08. The summed E-state index contributed by atoms with van der Waals surface area (Å²) in [7, 11) is 0. The minimum atomic E-state index is -0.000185. The van der Waals surface area contributed by atoms with Gasteiger partial charge in [0.15, 0.2) is 0 Å². The number of benzene rings is 1. The number of nitrogens with one attached hydrogen (secondary N) is 1. The molecular formula is C14H14BrNO2. The van der Waals surface area contributed by atoms with Crippen LogP contribution in [0.5, 0.6) is 0 Å². The Bertz CT molecular complexity index is 508. The molecule has 0 fully saturated rings. The SMILES string of the molecule is O=C(CCc1ccco1)Nc1ccccc1CBr. The molecule has 1 N–H and O–H groups in total. The van der Waals surface area contributed by atoms with Crippen LogP contribution < -0.4 is 5.32 Å². The summed E-state index contributed by atoms with van der Waals surface area (Å²) in [5.41, 5.74) is 1.93. The number of para-hydroxylation sites is 1. The van der Waals surface area contributed by atoms with Gasteiger partial charge in [-0.1, -0.05) is 34.1 Å². The zero-order valence-corrected chi connectivity index (χ0v) is 11.4. The zero-order chi connectivity index (χ0) is 12.8. The number of rotatable bonds is 5. The normalized spacial score (nSPS) is 10.3. The number of hydrogen-bond donors (Lipinski definition) is 1. The third kappa shape index (κ3) is 3.47. The van der Waals surface area contributed by atoms with Gasteiger partial charge in [-0.15, -0.1) is 0 Å². The van der Waals surface area contributed by atoms with Gasteiger partial charge in [-0.05, 0) is 23.8 Å². The van der Waals surface area contributed by atoms with Gasteiger partial charge >= 0.3 is 0 Å². The number of alkyl halides is 1. The minimum absolute atomic E-state index is 0.000185. The second-order valence-corrected chi connectivity index (χ2v) is 4.48. The van der Waals surface area contributed by atoms with Crippen LogP contribution in [0.3, 0.4) is 0 Å². The van der Waals surface area contributed by atoms with Gasteiger partial charge in [0.25, 0.3) is 0 Å². The molecule has 0 spiro atoms. The van der Waals surface area contributed by atoms with Gasteiger partial charge in [-0.2, -0.15) is 0 Å². The lowest BCUT2D eigenvalue weighted by molar-refractivity contribution is -0.116. The van der Waals surface area contributed by atoms with Crippen LogP contribution >= 0.6 is 15.9 Å². The zero-order valence-electron chi connectivity index (χ0n) is 9.86. The molecule has 1 amide bonds. The van der Waals surface area contributed by atoms with Crippen molar-refractivity contribution in [3.63, 3.8) is 0 Å². The van der Waals surface area contributed by atoms with Gasteiger partial charge in [0.2, 0.25) is 5.91 Å². The molecule has 0 saturated heterocycles. The van der Waals surface area contributed by atoms with Crippen LogP contribution in [0, 0.1) is 0 Å². The van der Waals surface area contributed by atoms with Crippen LogP contribution in [0.25, 0.3) is 0 Å². The van der Waals surface area contributed by atoms with Crippen LogP contribution in [-0.4, -0.2) is 5.91 Å². The molecule has 94 valence electrons. The lowest BCUT2D eigenvalue weighted by Gasteiger charge is -2.08. The third-order valence-electron chi connectivity index (χ3n) is 2.61. The number of furan rings is 1. The Morgan fingerprint density at radius 2 is 2.06 bits per heavy atom. The number of amides is 1. The van der Waals surface area contributed by atoms with Crippen molar-refractivity contribution in [2.75, 3.05) is 5.32 Å². The van der Waals surface area contributed by atoms with Gasteiger partial charge in [0.1, 0.15) is 5.76 Å². The van der Waals surface area contributed by atoms with Crippen LogP contribution in [0.4, 0.5) is 5.69 Å². The maximum Gasteiger partial charge on any atom is 0.224 e. The van der Waals surface area contributed by atoms with E-state index in [1.54, 1.807) is 6.26 Å². The highest BCUT2D eigenvalue weighted by Crippen LogP contribution is 2.18. The lowest BCUT2D eigenvalue weighted by atomic mass is 10.2. The molecule has 4 heteroatoms. The second kappa shape index (κ2) is 6.40. The number of anilines is 1. The van der Waals surface area contributed by atoms with E-state index in [9.17, 15) is 4.79 Å². The molecule has 0 aliphatic heterocycles. The van der Waals surface area contributed by atoms with Crippen molar-refractivity contribution in [1.82, 2.24) is 0 Å². The van der Waals surface area contributed by atoms with Crippen molar-refractivity contribution in [2.45, 2.75) is 18.2 Å². The number of carbonyl (C=O) groups excluding carboxylic acids is 1. The molecule has 2 rings (SSSR count). The molecule has 0 bridgehead atoms. The Hall–Kier alpha value is -1.55. The van der Waals surface area contributed by atoms with Crippen molar-refractivity contribution in [3.8, 4) is 0 Å². The monoisotopic (exact) mass is 307 g/mol. The summed E-state index contributed by atoms with van der Waals surface area (Å²) in [6.07, 6.45) is 2.66. The van der Waals surface area contributed by atoms with Gasteiger partial charge in [-0.3, -0.25) is 4.79 Å². The number of halogens is 1. The molecule has 18 heavy (non-hydrogen) atoms. The average molecular weight is 308 g/mol. The molecule has 3 nitrogen and oxygen atoms in total. The quantitative estimate of drug-likeness (QED) is 0.855. The molecule has 0 saturated carbocycles. The van der Waals surface area contributed by atoms with Crippen molar-refractivity contribution in [3.05, 3.63) is 54.0 Å². The fourth-order valence-corrected chi connectivity index (χ4v) is 2.15. The van der Waals surface area contributed by atoms with Crippen molar-refractivity contribution in [1.29, 1.82) is 0 Å². The van der Waals surface area contributed by atoms with E-state index < -0.39 is 0 Å². The molecule has 0 radical (unpaired) electrons. The molecule has 0 unspecified atom stereocenters. The predicted molar refractivity (Wildman–Crippen MR) is 74.7 cm³/mol. The van der Waals surface area contributed by atoms with E-state index in [0.717, 1.165) is 22.3 Å². The topological polar surface area (TPSA) is 42.2 Å². The highest BCUT2D eigenvalue weighted by atomic mass is 79.9. The van der Waals surface area contributed by atoms with Gasteiger partial charge < -0.3 is 9.73 Å². The van der Waals surface area contributed by atoms with Gasteiger partial charge in [0.05, 0.1) is 6.26 Å². The largest absolute Gasteiger partial charge is 0.469 e. The molecule has 0 aliphatic carbocycles. The Kier molecular flexibility index (Phi) is 4.59. The van der Waals surface area contributed by atoms with Gasteiger partial charge in [0, 0.05) is 23.9 Å². The summed E-state index contributed by atoms with van der Waals surface area (Å²) < 4.78 is 5.19. The lowest BCUT2D eigenvalue weighted by Crippen LogP contribution is -2.13. The maximum absolute atomic E-state index is 11.8. The molecular weight excluding hydrogens is 294 g/mol. The van der Waals surface area contributed by atoms with Crippen LogP contribution in [0.1, 0.15) is 17.7 Å². The molecule has 0 atom stereocenters. The highest BCUT2D eigenvalue weighted by Gasteiger charge is 2.07. The number of hydrogen-bond acceptors (Lipinski definition) is 2.